The van der Waals surface area contributed by atoms with Crippen molar-refractivity contribution in [3.8, 4) is 0 Å². The van der Waals surface area contributed by atoms with Gasteiger partial charge < -0.3 is 4.43 Å². The van der Waals surface area contributed by atoms with Crippen LogP contribution >= 0.6 is 0 Å². The second-order valence-corrected chi connectivity index (χ2v) is 12.1. The Hall–Kier alpha value is -0.853. The summed E-state index contributed by atoms with van der Waals surface area (Å²) in [6.45, 7) is 7.35. The first kappa shape index (κ1) is 16.5. The third-order valence-corrected chi connectivity index (χ3v) is 10.5. The number of sulfonamides is 1. The van der Waals surface area contributed by atoms with Gasteiger partial charge in [0, 0.05) is 6.61 Å². The monoisotopic (exact) mass is 327 g/mol. The molecule has 1 aromatic carbocycles. The van der Waals surface area contributed by atoms with E-state index < -0.39 is 18.3 Å². The summed E-state index contributed by atoms with van der Waals surface area (Å²) in [4.78, 5) is 0. The maximum atomic E-state index is 11.7. The molecule has 0 saturated heterocycles. The Morgan fingerprint density at radius 2 is 1.86 bits per heavy atom. The van der Waals surface area contributed by atoms with Crippen molar-refractivity contribution in [1.82, 2.24) is 0 Å². The van der Waals surface area contributed by atoms with E-state index in [1.165, 1.54) is 0 Å². The molecule has 0 fully saturated rings. The number of rotatable bonds is 7. The summed E-state index contributed by atoms with van der Waals surface area (Å²) in [6, 6.07) is 9.17. The highest BCUT2D eigenvalue weighted by atomic mass is 32.2. The average Bonchev–Trinajstić information content (AvgIpc) is 2.79. The minimum absolute atomic E-state index is 0.0937. The number of benzene rings is 1. The lowest BCUT2D eigenvalue weighted by atomic mass is 10.0. The molecule has 0 amide bonds. The lowest BCUT2D eigenvalue weighted by Gasteiger charge is -2.28. The molecule has 0 spiro atoms. The summed E-state index contributed by atoms with van der Waals surface area (Å²) in [5.41, 5.74) is 2.74. The molecule has 0 saturated carbocycles. The Kier molecular flexibility index (Phi) is 5.11. The van der Waals surface area contributed by atoms with Crippen LogP contribution < -0.4 is 4.72 Å². The summed E-state index contributed by atoms with van der Waals surface area (Å²) >= 11 is 0. The number of fused-ring (bicyclic) bond motifs is 1. The molecule has 118 valence electrons. The molecule has 0 aromatic heterocycles. The van der Waals surface area contributed by atoms with Gasteiger partial charge in [0.05, 0.1) is 11.4 Å². The Bertz CT molecular complexity index is 589. The van der Waals surface area contributed by atoms with E-state index in [0.29, 0.717) is 6.61 Å². The maximum Gasteiger partial charge on any atom is 0.237 e. The largest absolute Gasteiger partial charge is 0.416 e. The van der Waals surface area contributed by atoms with Crippen molar-refractivity contribution in [1.29, 1.82) is 0 Å². The molecule has 2 rings (SSSR count). The minimum atomic E-state index is -3.18. The Morgan fingerprint density at radius 1 is 1.19 bits per heavy atom. The predicted octanol–water partition coefficient (Wildman–Crippen LogP) is 3.51. The number of nitrogens with one attached hydrogen (secondary N) is 1. The maximum absolute atomic E-state index is 11.7. The van der Waals surface area contributed by atoms with Crippen molar-refractivity contribution in [2.75, 3.05) is 11.3 Å². The molecule has 0 atom stereocenters. The molecule has 21 heavy (non-hydrogen) atoms. The van der Waals surface area contributed by atoms with Crippen LogP contribution in [0.1, 0.15) is 31.9 Å². The smallest absolute Gasteiger partial charge is 0.237 e. The molecule has 0 radical (unpaired) electrons. The van der Waals surface area contributed by atoms with Crippen LogP contribution in [0.3, 0.4) is 0 Å². The Labute approximate surface area is 129 Å². The van der Waals surface area contributed by atoms with Crippen molar-refractivity contribution >= 4 is 24.0 Å². The van der Waals surface area contributed by atoms with Crippen molar-refractivity contribution in [3.05, 3.63) is 29.3 Å². The molecule has 1 aliphatic rings. The summed E-state index contributed by atoms with van der Waals surface area (Å²) in [6.07, 6.45) is 0.787. The van der Waals surface area contributed by atoms with E-state index in [0.717, 1.165) is 41.4 Å². The molecule has 1 N–H and O–H groups in total. The predicted molar refractivity (Wildman–Crippen MR) is 89.5 cm³/mol. The standard InChI is InChI=1S/C15H25NO3SSi/c1-4-21(5-2,6-3)19-11-10-13-8-7-9-15-14(13)12-20(17,18)16-15/h7-9,16H,4-6,10-12H2,1-3H3. The van der Waals surface area contributed by atoms with Gasteiger partial charge in [-0.25, -0.2) is 8.42 Å². The second-order valence-electron chi connectivity index (χ2n) is 5.65. The van der Waals surface area contributed by atoms with E-state index >= 15 is 0 Å². The van der Waals surface area contributed by atoms with E-state index in [2.05, 4.69) is 25.5 Å². The first-order valence-corrected chi connectivity index (χ1v) is 11.9. The van der Waals surface area contributed by atoms with Crippen LogP contribution in [-0.2, 0) is 26.6 Å². The zero-order valence-electron chi connectivity index (χ0n) is 13.1. The van der Waals surface area contributed by atoms with Crippen LogP contribution in [0.5, 0.6) is 0 Å². The molecule has 1 aromatic rings. The SMILES string of the molecule is CC[Si](CC)(CC)OCCc1cccc2c1CS(=O)(=O)N2. The van der Waals surface area contributed by atoms with Gasteiger partial charge in [0.15, 0.2) is 8.32 Å². The Balaban J connectivity index is 2.05. The van der Waals surface area contributed by atoms with Crippen molar-refractivity contribution < 1.29 is 12.8 Å². The first-order chi connectivity index (χ1) is 9.95. The lowest BCUT2D eigenvalue weighted by Crippen LogP contribution is -2.36. The van der Waals surface area contributed by atoms with Crippen molar-refractivity contribution in [2.45, 2.75) is 51.1 Å². The van der Waals surface area contributed by atoms with Gasteiger partial charge in [-0.1, -0.05) is 32.9 Å². The van der Waals surface area contributed by atoms with Gasteiger partial charge in [0.2, 0.25) is 10.0 Å². The zero-order valence-corrected chi connectivity index (χ0v) is 14.9. The third kappa shape index (κ3) is 3.67. The van der Waals surface area contributed by atoms with Gasteiger partial charge in [0.25, 0.3) is 0 Å². The van der Waals surface area contributed by atoms with Crippen LogP contribution in [0, 0.1) is 0 Å². The first-order valence-electron chi connectivity index (χ1n) is 7.70. The van der Waals surface area contributed by atoms with Crippen LogP contribution in [-0.4, -0.2) is 23.3 Å². The average molecular weight is 328 g/mol. The highest BCUT2D eigenvalue weighted by Crippen LogP contribution is 2.30. The number of anilines is 1. The van der Waals surface area contributed by atoms with Gasteiger partial charge in [-0.2, -0.15) is 0 Å². The van der Waals surface area contributed by atoms with E-state index in [1.807, 2.05) is 18.2 Å². The van der Waals surface area contributed by atoms with E-state index in [1.54, 1.807) is 0 Å². The summed E-state index contributed by atoms with van der Waals surface area (Å²) in [5.74, 6) is 0.0937. The van der Waals surface area contributed by atoms with Gasteiger partial charge >= 0.3 is 0 Å². The van der Waals surface area contributed by atoms with Gasteiger partial charge in [0.1, 0.15) is 0 Å². The fraction of sp³-hybridized carbons (Fsp3) is 0.600. The molecular weight excluding hydrogens is 302 g/mol. The Morgan fingerprint density at radius 3 is 2.48 bits per heavy atom. The van der Waals surface area contributed by atoms with Crippen LogP contribution in [0.15, 0.2) is 18.2 Å². The van der Waals surface area contributed by atoms with E-state index in [9.17, 15) is 8.42 Å². The second kappa shape index (κ2) is 6.50. The van der Waals surface area contributed by atoms with Crippen molar-refractivity contribution in [3.63, 3.8) is 0 Å². The van der Waals surface area contributed by atoms with Crippen molar-refractivity contribution in [2.24, 2.45) is 0 Å². The molecule has 1 heterocycles. The number of hydrogen-bond donors (Lipinski definition) is 1. The van der Waals surface area contributed by atoms with Crippen LogP contribution in [0.2, 0.25) is 18.1 Å². The minimum Gasteiger partial charge on any atom is -0.416 e. The van der Waals surface area contributed by atoms with Gasteiger partial charge in [-0.3, -0.25) is 4.72 Å². The molecule has 0 bridgehead atoms. The van der Waals surface area contributed by atoms with E-state index in [-0.39, 0.29) is 5.75 Å². The third-order valence-electron chi connectivity index (χ3n) is 4.59. The molecule has 6 heteroatoms. The summed E-state index contributed by atoms with van der Waals surface area (Å²) in [5, 5.41) is 0. The zero-order chi connectivity index (χ0) is 15.5. The fourth-order valence-corrected chi connectivity index (χ4v) is 6.93. The highest BCUT2D eigenvalue weighted by Gasteiger charge is 2.29. The summed E-state index contributed by atoms with van der Waals surface area (Å²) < 4.78 is 32.2. The lowest BCUT2D eigenvalue weighted by molar-refractivity contribution is 0.303. The normalized spacial score (nSPS) is 16.5. The van der Waals surface area contributed by atoms with Gasteiger partial charge in [-0.15, -0.1) is 0 Å². The summed E-state index contributed by atoms with van der Waals surface area (Å²) in [7, 11) is -4.74. The van der Waals surface area contributed by atoms with Crippen LogP contribution in [0.25, 0.3) is 0 Å². The molecule has 4 nitrogen and oxygen atoms in total. The molecular formula is C15H25NO3SSi. The topological polar surface area (TPSA) is 55.4 Å². The van der Waals surface area contributed by atoms with Crippen LogP contribution in [0.4, 0.5) is 5.69 Å². The van der Waals surface area contributed by atoms with Gasteiger partial charge in [-0.05, 0) is 41.7 Å². The molecule has 0 unspecified atom stereocenters. The highest BCUT2D eigenvalue weighted by molar-refractivity contribution is 7.92. The quantitative estimate of drug-likeness (QED) is 0.780. The molecule has 1 aliphatic heterocycles. The number of hydrogen-bond acceptors (Lipinski definition) is 3. The molecule has 0 aliphatic carbocycles. The van der Waals surface area contributed by atoms with E-state index in [4.69, 9.17) is 4.43 Å². The fourth-order valence-electron chi connectivity index (χ4n) is 2.96.